The van der Waals surface area contributed by atoms with Crippen molar-refractivity contribution in [3.8, 4) is 0 Å². The van der Waals surface area contributed by atoms with Crippen LogP contribution in [0.15, 0.2) is 9.81 Å². The van der Waals surface area contributed by atoms with E-state index in [1.165, 1.54) is 54.8 Å². The number of carbonyl (C=O) groups excluding carboxylic acids is 1. The van der Waals surface area contributed by atoms with Crippen LogP contribution in [0.3, 0.4) is 0 Å². The Labute approximate surface area is 162 Å². The highest BCUT2D eigenvalue weighted by molar-refractivity contribution is 8.21. The highest BCUT2D eigenvalue weighted by atomic mass is 32.2. The van der Waals surface area contributed by atoms with Crippen molar-refractivity contribution < 1.29 is 4.79 Å². The third kappa shape index (κ3) is 2.62. The summed E-state index contributed by atoms with van der Waals surface area (Å²) in [5, 5.41) is 0. The average molecular weight is 379 g/mol. The normalized spacial score (nSPS) is 46.4. The summed E-state index contributed by atoms with van der Waals surface area (Å²) in [6.45, 7) is 4.94. The first-order chi connectivity index (χ1) is 12.0. The van der Waals surface area contributed by atoms with Gasteiger partial charge in [0.2, 0.25) is 0 Å². The van der Waals surface area contributed by atoms with Crippen molar-refractivity contribution in [2.75, 3.05) is 12.5 Å². The van der Waals surface area contributed by atoms with Gasteiger partial charge in [-0.1, -0.05) is 26.7 Å². The molecule has 25 heavy (non-hydrogen) atoms. The van der Waals surface area contributed by atoms with E-state index in [2.05, 4.69) is 26.4 Å². The number of allylic oxidation sites excluding steroid dienone is 1. The smallest absolute Gasteiger partial charge is 0.166 e. The lowest BCUT2D eigenvalue weighted by atomic mass is 9.45. The molecule has 4 aliphatic rings. The summed E-state index contributed by atoms with van der Waals surface area (Å²) in [6, 6.07) is 0. The van der Waals surface area contributed by atoms with E-state index in [4.69, 9.17) is 0 Å². The maximum absolute atomic E-state index is 13.4. The molecule has 4 fully saturated rings. The Morgan fingerprint density at radius 3 is 2.44 bits per heavy atom. The summed E-state index contributed by atoms with van der Waals surface area (Å²) < 4.78 is 1.29. The molecule has 140 valence electrons. The zero-order chi connectivity index (χ0) is 17.8. The molecule has 6 atom stereocenters. The summed E-state index contributed by atoms with van der Waals surface area (Å²) >= 11 is 3.57. The monoisotopic (exact) mass is 378 g/mol. The molecule has 0 aromatic heterocycles. The van der Waals surface area contributed by atoms with Crippen LogP contribution in [0, 0.1) is 34.5 Å². The Balaban J connectivity index is 1.68. The Morgan fingerprint density at radius 1 is 0.960 bits per heavy atom. The number of thioether (sulfide) groups is 2. The van der Waals surface area contributed by atoms with Gasteiger partial charge in [0.1, 0.15) is 0 Å². The van der Waals surface area contributed by atoms with Crippen molar-refractivity contribution in [2.24, 2.45) is 34.5 Å². The molecular weight excluding hydrogens is 344 g/mol. The molecule has 0 aromatic carbocycles. The first-order valence-corrected chi connectivity index (χ1v) is 12.8. The van der Waals surface area contributed by atoms with Crippen LogP contribution in [0.1, 0.15) is 71.6 Å². The number of rotatable bonds is 2. The van der Waals surface area contributed by atoms with Crippen LogP contribution in [-0.2, 0) is 4.79 Å². The molecule has 0 aliphatic heterocycles. The minimum Gasteiger partial charge on any atom is -0.294 e. The Hall–Kier alpha value is 0.110. The third-order valence-corrected chi connectivity index (χ3v) is 11.0. The fourth-order valence-electron chi connectivity index (χ4n) is 7.44. The number of fused-ring (bicyclic) bond motifs is 5. The number of hydrogen-bond donors (Lipinski definition) is 0. The quantitative estimate of drug-likeness (QED) is 0.508. The van der Waals surface area contributed by atoms with Crippen molar-refractivity contribution in [3.05, 3.63) is 9.81 Å². The van der Waals surface area contributed by atoms with E-state index < -0.39 is 0 Å². The molecule has 3 heteroatoms. The summed E-state index contributed by atoms with van der Waals surface area (Å²) in [6.07, 6.45) is 16.4. The second kappa shape index (κ2) is 6.62. The fourth-order valence-corrected chi connectivity index (χ4v) is 8.95. The van der Waals surface area contributed by atoms with Gasteiger partial charge in [-0.15, -0.1) is 23.5 Å². The molecule has 0 N–H and O–H groups in total. The van der Waals surface area contributed by atoms with Gasteiger partial charge in [-0.05, 0) is 86.5 Å². The van der Waals surface area contributed by atoms with Gasteiger partial charge in [0.05, 0.1) is 0 Å². The molecule has 4 aliphatic carbocycles. The van der Waals surface area contributed by atoms with E-state index in [1.54, 1.807) is 23.5 Å². The zero-order valence-corrected chi connectivity index (χ0v) is 18.0. The van der Waals surface area contributed by atoms with Crippen LogP contribution < -0.4 is 0 Å². The van der Waals surface area contributed by atoms with Gasteiger partial charge in [-0.25, -0.2) is 0 Å². The molecular formula is C22H34OS2. The topological polar surface area (TPSA) is 17.1 Å². The molecule has 4 saturated carbocycles. The van der Waals surface area contributed by atoms with E-state index in [9.17, 15) is 4.79 Å². The molecule has 1 nitrogen and oxygen atoms in total. The molecule has 0 bridgehead atoms. The highest BCUT2D eigenvalue weighted by Gasteiger charge is 2.61. The van der Waals surface area contributed by atoms with Gasteiger partial charge < -0.3 is 0 Å². The number of hydrogen-bond acceptors (Lipinski definition) is 3. The van der Waals surface area contributed by atoms with Crippen molar-refractivity contribution in [1.29, 1.82) is 0 Å². The van der Waals surface area contributed by atoms with Crippen LogP contribution in [0.4, 0.5) is 0 Å². The lowest BCUT2D eigenvalue weighted by Crippen LogP contribution is -2.52. The number of Topliss-reactive ketones (excluding diaryl/α,β-unsaturated/α-hetero) is 1. The van der Waals surface area contributed by atoms with Crippen LogP contribution in [0.5, 0.6) is 0 Å². The molecule has 0 aromatic rings. The van der Waals surface area contributed by atoms with Crippen LogP contribution >= 0.6 is 23.5 Å². The molecule has 0 spiro atoms. The molecule has 0 amide bonds. The summed E-state index contributed by atoms with van der Waals surface area (Å²) in [4.78, 5) is 13.4. The van der Waals surface area contributed by atoms with Gasteiger partial charge in [-0.2, -0.15) is 0 Å². The van der Waals surface area contributed by atoms with Crippen molar-refractivity contribution >= 4 is 29.3 Å². The van der Waals surface area contributed by atoms with E-state index in [-0.39, 0.29) is 5.41 Å². The fraction of sp³-hybridized carbons (Fsp3) is 0.864. The van der Waals surface area contributed by atoms with Gasteiger partial charge in [0.15, 0.2) is 5.78 Å². The van der Waals surface area contributed by atoms with Crippen LogP contribution in [0.25, 0.3) is 0 Å². The average Bonchev–Trinajstić information content (AvgIpc) is 2.88. The predicted molar refractivity (Wildman–Crippen MR) is 111 cm³/mol. The second-order valence-corrected chi connectivity index (χ2v) is 11.5. The first kappa shape index (κ1) is 18.5. The largest absolute Gasteiger partial charge is 0.294 e. The lowest BCUT2D eigenvalue weighted by molar-refractivity contribution is -0.137. The Kier molecular flexibility index (Phi) is 4.89. The third-order valence-electron chi connectivity index (χ3n) is 8.81. The molecule has 0 saturated heterocycles. The maximum atomic E-state index is 13.4. The number of carbonyl (C=O) groups is 1. The summed E-state index contributed by atoms with van der Waals surface area (Å²) in [7, 11) is 0. The first-order valence-electron chi connectivity index (χ1n) is 10.3. The summed E-state index contributed by atoms with van der Waals surface area (Å²) in [5.41, 5.74) is 1.69. The SMILES string of the molecule is CSC(SC)=C1C[C@H]2[C@H]3CC[C@H]4CCCC[C@]4(C)[C@H]3CC[C@]2(C)C1=O. The van der Waals surface area contributed by atoms with E-state index in [0.29, 0.717) is 17.1 Å². The predicted octanol–water partition coefficient (Wildman–Crippen LogP) is 6.54. The molecule has 0 radical (unpaired) electrons. The van der Waals surface area contributed by atoms with Crippen molar-refractivity contribution in [3.63, 3.8) is 0 Å². The van der Waals surface area contributed by atoms with Gasteiger partial charge in [0.25, 0.3) is 0 Å². The molecule has 4 rings (SSSR count). The molecule has 0 heterocycles. The van der Waals surface area contributed by atoms with E-state index >= 15 is 0 Å². The van der Waals surface area contributed by atoms with Gasteiger partial charge in [-0.3, -0.25) is 4.79 Å². The number of ketones is 1. The minimum absolute atomic E-state index is 0.0644. The van der Waals surface area contributed by atoms with Crippen LogP contribution in [-0.4, -0.2) is 18.3 Å². The van der Waals surface area contributed by atoms with E-state index in [0.717, 1.165) is 30.6 Å². The van der Waals surface area contributed by atoms with Crippen molar-refractivity contribution in [2.45, 2.75) is 71.6 Å². The zero-order valence-electron chi connectivity index (χ0n) is 16.4. The van der Waals surface area contributed by atoms with E-state index in [1.807, 2.05) is 0 Å². The summed E-state index contributed by atoms with van der Waals surface area (Å²) in [5.74, 6) is 3.76. The minimum atomic E-state index is -0.0644. The standard InChI is InChI=1S/C22H34OS2/c1-21-11-6-5-7-14(21)8-9-15-17(21)10-12-22(2)18(15)13-16(19(22)23)20(24-3)25-4/h14-15,17-18H,5-13H2,1-4H3/t14-,15+,17+,18+,21+,22+/m1/s1. The Morgan fingerprint density at radius 2 is 1.72 bits per heavy atom. The van der Waals surface area contributed by atoms with Crippen LogP contribution in [0.2, 0.25) is 0 Å². The second-order valence-electron chi connectivity index (χ2n) is 9.57. The lowest BCUT2D eigenvalue weighted by Gasteiger charge is -2.59. The van der Waals surface area contributed by atoms with Gasteiger partial charge in [0, 0.05) is 15.2 Å². The maximum Gasteiger partial charge on any atom is 0.166 e. The van der Waals surface area contributed by atoms with Gasteiger partial charge >= 0.3 is 0 Å². The molecule has 0 unspecified atom stereocenters. The Bertz CT molecular complexity index is 591. The highest BCUT2D eigenvalue weighted by Crippen LogP contribution is 2.66. The van der Waals surface area contributed by atoms with Crippen molar-refractivity contribution in [1.82, 2.24) is 0 Å².